The van der Waals surface area contributed by atoms with E-state index in [9.17, 15) is 4.79 Å². The maximum atomic E-state index is 11.6. The molecule has 2 aromatic carbocycles. The highest BCUT2D eigenvalue weighted by Gasteiger charge is 2.00. The van der Waals surface area contributed by atoms with Gasteiger partial charge in [-0.05, 0) is 42.7 Å². The van der Waals surface area contributed by atoms with Crippen molar-refractivity contribution in [3.63, 3.8) is 0 Å². The standard InChI is InChI=1S/C20H21NO2/c1-16-11-12-18(14-17(16)2)8-6-7-13-21-20(22)23-15-19-9-4-3-5-10-19/h3-5,9-12,14H,7,13,15H2,1-2H3,(H,21,22). The Hall–Kier alpha value is -2.73. The van der Waals surface area contributed by atoms with Crippen LogP contribution in [-0.4, -0.2) is 12.6 Å². The van der Waals surface area contributed by atoms with E-state index in [0.29, 0.717) is 13.0 Å². The van der Waals surface area contributed by atoms with Gasteiger partial charge in [-0.3, -0.25) is 0 Å². The van der Waals surface area contributed by atoms with E-state index < -0.39 is 6.09 Å². The van der Waals surface area contributed by atoms with Crippen LogP contribution in [0.5, 0.6) is 0 Å². The van der Waals surface area contributed by atoms with Crippen LogP contribution >= 0.6 is 0 Å². The molecule has 0 saturated heterocycles. The Kier molecular flexibility index (Phi) is 6.26. The van der Waals surface area contributed by atoms with Crippen LogP contribution in [0.3, 0.4) is 0 Å². The summed E-state index contributed by atoms with van der Waals surface area (Å²) in [5, 5.41) is 2.70. The van der Waals surface area contributed by atoms with Gasteiger partial charge in [0.15, 0.2) is 0 Å². The number of carbonyl (C=O) groups is 1. The van der Waals surface area contributed by atoms with Gasteiger partial charge in [0.2, 0.25) is 0 Å². The van der Waals surface area contributed by atoms with Crippen molar-refractivity contribution in [3.8, 4) is 11.8 Å². The highest BCUT2D eigenvalue weighted by Crippen LogP contribution is 2.08. The lowest BCUT2D eigenvalue weighted by molar-refractivity contribution is 0.140. The molecule has 3 heteroatoms. The van der Waals surface area contributed by atoms with Gasteiger partial charge in [0.1, 0.15) is 6.61 Å². The molecule has 1 N–H and O–H groups in total. The van der Waals surface area contributed by atoms with Crippen LogP contribution in [0, 0.1) is 25.7 Å². The quantitative estimate of drug-likeness (QED) is 0.685. The molecule has 0 atom stereocenters. The van der Waals surface area contributed by atoms with Gasteiger partial charge in [-0.1, -0.05) is 48.2 Å². The zero-order chi connectivity index (χ0) is 16.5. The van der Waals surface area contributed by atoms with Crippen molar-refractivity contribution in [3.05, 3.63) is 70.8 Å². The summed E-state index contributed by atoms with van der Waals surface area (Å²) in [6, 6.07) is 15.7. The summed E-state index contributed by atoms with van der Waals surface area (Å²) in [5.74, 6) is 6.16. The van der Waals surface area contributed by atoms with Gasteiger partial charge in [0.25, 0.3) is 0 Å². The number of hydrogen-bond donors (Lipinski definition) is 1. The maximum Gasteiger partial charge on any atom is 0.407 e. The van der Waals surface area contributed by atoms with Crippen molar-refractivity contribution in [1.82, 2.24) is 5.32 Å². The number of nitrogens with one attached hydrogen (secondary N) is 1. The first-order chi connectivity index (χ1) is 11.1. The summed E-state index contributed by atoms with van der Waals surface area (Å²) in [5.41, 5.74) is 4.47. The minimum atomic E-state index is -0.415. The molecule has 0 heterocycles. The fourth-order valence-electron chi connectivity index (χ4n) is 1.98. The number of benzene rings is 2. The maximum absolute atomic E-state index is 11.6. The lowest BCUT2D eigenvalue weighted by Crippen LogP contribution is -2.24. The zero-order valence-corrected chi connectivity index (χ0v) is 13.6. The lowest BCUT2D eigenvalue weighted by Gasteiger charge is -2.05. The lowest BCUT2D eigenvalue weighted by atomic mass is 10.1. The Bertz CT molecular complexity index is 711. The molecule has 0 aliphatic rings. The molecule has 118 valence electrons. The molecule has 2 rings (SSSR count). The molecule has 0 aliphatic carbocycles. The number of ether oxygens (including phenoxy) is 1. The van der Waals surface area contributed by atoms with Gasteiger partial charge in [0.05, 0.1) is 0 Å². The Morgan fingerprint density at radius 3 is 2.61 bits per heavy atom. The van der Waals surface area contributed by atoms with E-state index in [4.69, 9.17) is 4.74 Å². The molecule has 0 saturated carbocycles. The van der Waals surface area contributed by atoms with Crippen LogP contribution in [0.1, 0.15) is 28.7 Å². The van der Waals surface area contributed by atoms with Crippen LogP contribution in [0.25, 0.3) is 0 Å². The summed E-state index contributed by atoms with van der Waals surface area (Å²) >= 11 is 0. The summed E-state index contributed by atoms with van der Waals surface area (Å²) < 4.78 is 5.12. The second-order valence-corrected chi connectivity index (χ2v) is 5.34. The normalized spacial score (nSPS) is 9.65. The molecule has 2 aromatic rings. The van der Waals surface area contributed by atoms with Gasteiger partial charge in [-0.25, -0.2) is 4.79 Å². The highest BCUT2D eigenvalue weighted by molar-refractivity contribution is 5.67. The summed E-state index contributed by atoms with van der Waals surface area (Å²) in [4.78, 5) is 11.6. The average molecular weight is 307 g/mol. The van der Waals surface area contributed by atoms with Gasteiger partial charge >= 0.3 is 6.09 Å². The van der Waals surface area contributed by atoms with Gasteiger partial charge < -0.3 is 10.1 Å². The first-order valence-corrected chi connectivity index (χ1v) is 7.66. The third kappa shape index (κ3) is 5.88. The van der Waals surface area contributed by atoms with Crippen molar-refractivity contribution < 1.29 is 9.53 Å². The Balaban J connectivity index is 1.68. The third-order valence-corrected chi connectivity index (χ3v) is 3.47. The minimum absolute atomic E-state index is 0.279. The molecule has 23 heavy (non-hydrogen) atoms. The zero-order valence-electron chi connectivity index (χ0n) is 13.6. The molecule has 0 spiro atoms. The molecule has 0 aromatic heterocycles. The molecule has 0 fully saturated rings. The molecule has 0 aliphatic heterocycles. The van der Waals surface area contributed by atoms with Crippen LogP contribution in [0.4, 0.5) is 4.79 Å². The average Bonchev–Trinajstić information content (AvgIpc) is 2.57. The molecule has 1 amide bonds. The van der Waals surface area contributed by atoms with E-state index in [1.165, 1.54) is 11.1 Å². The van der Waals surface area contributed by atoms with Crippen molar-refractivity contribution in [2.45, 2.75) is 26.9 Å². The van der Waals surface area contributed by atoms with Gasteiger partial charge in [0, 0.05) is 18.5 Å². The molecule has 0 bridgehead atoms. The molecule has 0 unspecified atom stereocenters. The fourth-order valence-corrected chi connectivity index (χ4v) is 1.98. The predicted octanol–water partition coefficient (Wildman–Crippen LogP) is 3.97. The fraction of sp³-hybridized carbons (Fsp3) is 0.250. The second kappa shape index (κ2) is 8.65. The molecule has 3 nitrogen and oxygen atoms in total. The van der Waals surface area contributed by atoms with E-state index in [2.05, 4.69) is 43.1 Å². The summed E-state index contributed by atoms with van der Waals surface area (Å²) in [6.07, 6.45) is 0.176. The van der Waals surface area contributed by atoms with Gasteiger partial charge in [-0.2, -0.15) is 0 Å². The van der Waals surface area contributed by atoms with E-state index >= 15 is 0 Å². The third-order valence-electron chi connectivity index (χ3n) is 3.47. The predicted molar refractivity (Wildman–Crippen MR) is 92.0 cm³/mol. The van der Waals surface area contributed by atoms with Crippen LogP contribution in [0.2, 0.25) is 0 Å². The largest absolute Gasteiger partial charge is 0.445 e. The number of aryl methyl sites for hydroxylation is 2. The van der Waals surface area contributed by atoms with Crippen LogP contribution < -0.4 is 5.32 Å². The van der Waals surface area contributed by atoms with Crippen molar-refractivity contribution in [2.75, 3.05) is 6.54 Å². The Morgan fingerprint density at radius 2 is 1.87 bits per heavy atom. The second-order valence-electron chi connectivity index (χ2n) is 5.34. The van der Waals surface area contributed by atoms with Crippen LogP contribution in [-0.2, 0) is 11.3 Å². The molecular formula is C20H21NO2. The van der Waals surface area contributed by atoms with E-state index in [1.54, 1.807) is 0 Å². The number of hydrogen-bond acceptors (Lipinski definition) is 2. The molecule has 0 radical (unpaired) electrons. The summed E-state index contributed by atoms with van der Waals surface area (Å²) in [7, 11) is 0. The summed E-state index contributed by atoms with van der Waals surface area (Å²) in [6.45, 7) is 4.91. The number of carbonyl (C=O) groups excluding carboxylic acids is 1. The Morgan fingerprint density at radius 1 is 1.09 bits per heavy atom. The minimum Gasteiger partial charge on any atom is -0.445 e. The molecular weight excluding hydrogens is 286 g/mol. The van der Waals surface area contributed by atoms with Crippen molar-refractivity contribution in [1.29, 1.82) is 0 Å². The van der Waals surface area contributed by atoms with E-state index in [0.717, 1.165) is 11.1 Å². The topological polar surface area (TPSA) is 38.3 Å². The first-order valence-electron chi connectivity index (χ1n) is 7.66. The van der Waals surface area contributed by atoms with Crippen LogP contribution in [0.15, 0.2) is 48.5 Å². The van der Waals surface area contributed by atoms with Crippen molar-refractivity contribution >= 4 is 6.09 Å². The Labute approximate surface area is 137 Å². The van der Waals surface area contributed by atoms with E-state index in [-0.39, 0.29) is 6.61 Å². The SMILES string of the molecule is Cc1ccc(C#CCCNC(=O)OCc2ccccc2)cc1C. The monoisotopic (exact) mass is 307 g/mol. The highest BCUT2D eigenvalue weighted by atomic mass is 16.5. The number of amides is 1. The van der Waals surface area contributed by atoms with E-state index in [1.807, 2.05) is 36.4 Å². The smallest absolute Gasteiger partial charge is 0.407 e. The first kappa shape index (κ1) is 16.6. The number of rotatable bonds is 4. The van der Waals surface area contributed by atoms with Gasteiger partial charge in [-0.15, -0.1) is 0 Å². The number of alkyl carbamates (subject to hydrolysis) is 1. The van der Waals surface area contributed by atoms with Crippen molar-refractivity contribution in [2.24, 2.45) is 0 Å².